The Labute approximate surface area is 202 Å². The Hall–Kier alpha value is -2.93. The average Bonchev–Trinajstić information content (AvgIpc) is 3.15. The molecule has 1 atom stereocenters. The van der Waals surface area contributed by atoms with Crippen molar-refractivity contribution < 1.29 is 46.9 Å². The number of anilines is 1. The standard InChI is InChI=1S/C20H31N4O10P/c1-13(2)33-19(25)28-10-31-35(27,32-11-29-20(26)34-14(3)4)12-30-15(5)8-16-6-7-17-18(21)22-9-23-24(16)17/h6-7,9,13-15H,8,10-12H2,1-5H3,(H2,21,22,23)/t15-/m1/s1. The SMILES string of the molecule is CC(C)OC(=O)OCOP(=O)(CO[C@H](C)Cc1ccc2c(N)ncnn12)OCOC(=O)OC(C)C. The molecular weight excluding hydrogens is 487 g/mol. The van der Waals surface area contributed by atoms with Gasteiger partial charge in [0, 0.05) is 12.1 Å². The van der Waals surface area contributed by atoms with Gasteiger partial charge in [-0.15, -0.1) is 0 Å². The molecular formula is C20H31N4O10P. The molecule has 2 aromatic heterocycles. The zero-order valence-electron chi connectivity index (χ0n) is 20.2. The molecule has 0 bridgehead atoms. The Bertz CT molecular complexity index is 996. The highest BCUT2D eigenvalue weighted by molar-refractivity contribution is 7.53. The molecule has 2 aromatic rings. The van der Waals surface area contributed by atoms with Crippen molar-refractivity contribution >= 4 is 31.2 Å². The van der Waals surface area contributed by atoms with E-state index in [0.29, 0.717) is 17.8 Å². The first-order valence-corrected chi connectivity index (χ1v) is 12.5. The van der Waals surface area contributed by atoms with Crippen molar-refractivity contribution in [2.24, 2.45) is 0 Å². The number of nitrogen functional groups attached to an aromatic ring is 1. The van der Waals surface area contributed by atoms with Gasteiger partial charge in [-0.3, -0.25) is 13.6 Å². The quantitative estimate of drug-likeness (QED) is 0.232. The van der Waals surface area contributed by atoms with Gasteiger partial charge in [0.15, 0.2) is 5.82 Å². The number of rotatable bonds is 13. The van der Waals surface area contributed by atoms with Gasteiger partial charge in [-0.25, -0.2) is 19.1 Å². The molecule has 0 aromatic carbocycles. The van der Waals surface area contributed by atoms with Crippen LogP contribution in [0.1, 0.15) is 40.3 Å². The third-order valence-electron chi connectivity index (χ3n) is 4.09. The maximum absolute atomic E-state index is 13.1. The molecule has 196 valence electrons. The van der Waals surface area contributed by atoms with Crippen LogP contribution in [-0.2, 0) is 43.7 Å². The number of hydrogen-bond donors (Lipinski definition) is 1. The van der Waals surface area contributed by atoms with Crippen molar-refractivity contribution in [3.05, 3.63) is 24.2 Å². The molecule has 0 unspecified atom stereocenters. The van der Waals surface area contributed by atoms with E-state index >= 15 is 0 Å². The van der Waals surface area contributed by atoms with E-state index in [1.54, 1.807) is 45.2 Å². The van der Waals surface area contributed by atoms with Crippen LogP contribution < -0.4 is 5.73 Å². The van der Waals surface area contributed by atoms with E-state index in [1.807, 2.05) is 6.07 Å². The molecule has 0 saturated heterocycles. The van der Waals surface area contributed by atoms with E-state index in [2.05, 4.69) is 10.1 Å². The van der Waals surface area contributed by atoms with Crippen LogP contribution in [0.3, 0.4) is 0 Å². The summed E-state index contributed by atoms with van der Waals surface area (Å²) in [6.07, 6.45) is -2.15. The van der Waals surface area contributed by atoms with E-state index in [0.717, 1.165) is 5.69 Å². The molecule has 0 aliphatic heterocycles. The van der Waals surface area contributed by atoms with E-state index in [9.17, 15) is 14.2 Å². The highest BCUT2D eigenvalue weighted by Gasteiger charge is 2.29. The molecule has 15 heteroatoms. The Morgan fingerprint density at radius 3 is 2.11 bits per heavy atom. The lowest BCUT2D eigenvalue weighted by Gasteiger charge is -2.21. The fraction of sp³-hybridized carbons (Fsp3) is 0.600. The fourth-order valence-electron chi connectivity index (χ4n) is 2.61. The summed E-state index contributed by atoms with van der Waals surface area (Å²) in [6, 6.07) is 3.59. The summed E-state index contributed by atoms with van der Waals surface area (Å²) in [7, 11) is -4.04. The first-order valence-electron chi connectivity index (χ1n) is 10.7. The number of aromatic nitrogens is 3. The Morgan fingerprint density at radius 1 is 1.00 bits per heavy atom. The minimum atomic E-state index is -4.04. The Balaban J connectivity index is 1.95. The van der Waals surface area contributed by atoms with Gasteiger partial charge >= 0.3 is 19.9 Å². The summed E-state index contributed by atoms with van der Waals surface area (Å²) in [5.41, 5.74) is 7.26. The van der Waals surface area contributed by atoms with E-state index in [1.165, 1.54) is 6.33 Å². The second-order valence-electron chi connectivity index (χ2n) is 7.80. The first-order chi connectivity index (χ1) is 16.5. The summed E-state index contributed by atoms with van der Waals surface area (Å²) in [4.78, 5) is 27.0. The summed E-state index contributed by atoms with van der Waals surface area (Å²) in [6.45, 7) is 6.79. The average molecular weight is 518 g/mol. The molecule has 0 aliphatic rings. The van der Waals surface area contributed by atoms with Crippen LogP contribution in [0, 0.1) is 0 Å². The van der Waals surface area contributed by atoms with Gasteiger partial charge in [0.05, 0.1) is 18.3 Å². The third-order valence-corrected chi connectivity index (χ3v) is 5.55. The number of carbonyl (C=O) groups is 2. The van der Waals surface area contributed by atoms with Crippen LogP contribution in [0.4, 0.5) is 15.4 Å². The van der Waals surface area contributed by atoms with Gasteiger partial charge < -0.3 is 29.4 Å². The maximum atomic E-state index is 13.1. The van der Waals surface area contributed by atoms with Crippen LogP contribution in [0.15, 0.2) is 18.5 Å². The molecule has 2 rings (SSSR count). The van der Waals surface area contributed by atoms with Gasteiger partial charge in [-0.1, -0.05) is 0 Å². The van der Waals surface area contributed by atoms with Crippen LogP contribution >= 0.6 is 7.60 Å². The minimum Gasteiger partial charge on any atom is -0.432 e. The monoisotopic (exact) mass is 518 g/mol. The van der Waals surface area contributed by atoms with E-state index < -0.39 is 58.2 Å². The van der Waals surface area contributed by atoms with Gasteiger partial charge in [0.2, 0.25) is 13.6 Å². The number of nitrogens with two attached hydrogens (primary N) is 1. The number of hydrogen-bond acceptors (Lipinski definition) is 13. The minimum absolute atomic E-state index is 0.332. The molecule has 0 aliphatic carbocycles. The number of fused-ring (bicyclic) bond motifs is 1. The molecule has 0 amide bonds. The Morgan fingerprint density at radius 2 is 1.57 bits per heavy atom. The lowest BCUT2D eigenvalue weighted by molar-refractivity contribution is -0.0364. The highest BCUT2D eigenvalue weighted by atomic mass is 31.2. The molecule has 0 radical (unpaired) electrons. The summed E-state index contributed by atoms with van der Waals surface area (Å²) in [5.74, 6) is 0.332. The van der Waals surface area contributed by atoms with Crippen molar-refractivity contribution in [3.8, 4) is 0 Å². The second kappa shape index (κ2) is 13.2. The van der Waals surface area contributed by atoms with Crippen molar-refractivity contribution in [2.75, 3.05) is 25.7 Å². The van der Waals surface area contributed by atoms with Crippen molar-refractivity contribution in [3.63, 3.8) is 0 Å². The lowest BCUT2D eigenvalue weighted by atomic mass is 10.2. The predicted octanol–water partition coefficient (Wildman–Crippen LogP) is 3.48. The predicted molar refractivity (Wildman–Crippen MR) is 121 cm³/mol. The maximum Gasteiger partial charge on any atom is 0.510 e. The molecule has 0 saturated carbocycles. The number of nitrogens with zero attached hydrogens (tertiary/aromatic N) is 3. The van der Waals surface area contributed by atoms with Gasteiger partial charge in [-0.2, -0.15) is 5.10 Å². The Kier molecular flexibility index (Phi) is 10.7. The summed E-state index contributed by atoms with van der Waals surface area (Å²) in [5, 5.41) is 4.16. The smallest absolute Gasteiger partial charge is 0.432 e. The number of ether oxygens (including phenoxy) is 5. The van der Waals surface area contributed by atoms with Gasteiger partial charge in [0.25, 0.3) is 0 Å². The lowest BCUT2D eigenvalue weighted by Crippen LogP contribution is -2.19. The third kappa shape index (κ3) is 9.68. The molecule has 35 heavy (non-hydrogen) atoms. The summed E-state index contributed by atoms with van der Waals surface area (Å²) < 4.78 is 49.7. The normalized spacial score (nSPS) is 12.7. The van der Waals surface area contributed by atoms with Crippen LogP contribution in [-0.4, -0.2) is 65.2 Å². The summed E-state index contributed by atoms with van der Waals surface area (Å²) >= 11 is 0. The zero-order chi connectivity index (χ0) is 26.0. The molecule has 2 N–H and O–H groups in total. The van der Waals surface area contributed by atoms with Crippen LogP contribution in [0.5, 0.6) is 0 Å². The largest absolute Gasteiger partial charge is 0.510 e. The molecule has 0 fully saturated rings. The topological polar surface area (TPSA) is 172 Å². The molecule has 0 spiro atoms. The molecule has 2 heterocycles. The van der Waals surface area contributed by atoms with Gasteiger partial charge in [-0.05, 0) is 46.8 Å². The van der Waals surface area contributed by atoms with Crippen LogP contribution in [0.2, 0.25) is 0 Å². The van der Waals surface area contributed by atoms with Gasteiger partial charge in [0.1, 0.15) is 18.2 Å². The van der Waals surface area contributed by atoms with Crippen molar-refractivity contribution in [1.29, 1.82) is 0 Å². The molecule has 14 nitrogen and oxygen atoms in total. The van der Waals surface area contributed by atoms with E-state index in [-0.39, 0.29) is 0 Å². The van der Waals surface area contributed by atoms with E-state index in [4.69, 9.17) is 38.5 Å². The van der Waals surface area contributed by atoms with Crippen molar-refractivity contribution in [2.45, 2.75) is 59.4 Å². The van der Waals surface area contributed by atoms with Crippen molar-refractivity contribution in [1.82, 2.24) is 14.6 Å². The number of carbonyl (C=O) groups excluding carboxylic acids is 2. The fourth-order valence-corrected chi connectivity index (χ4v) is 3.70. The van der Waals surface area contributed by atoms with Crippen LogP contribution in [0.25, 0.3) is 5.52 Å². The first kappa shape index (κ1) is 28.3. The zero-order valence-corrected chi connectivity index (χ0v) is 21.1. The highest BCUT2D eigenvalue weighted by Crippen LogP contribution is 2.48. The second-order valence-corrected chi connectivity index (χ2v) is 9.80.